The lowest BCUT2D eigenvalue weighted by molar-refractivity contribution is 0.0704. The van der Waals surface area contributed by atoms with E-state index in [4.69, 9.17) is 4.74 Å². The number of rotatable bonds is 8. The molecule has 0 saturated heterocycles. The Kier molecular flexibility index (Phi) is 6.20. The fourth-order valence-electron chi connectivity index (χ4n) is 2.38. The Morgan fingerprint density at radius 1 is 1.10 bits per heavy atom. The maximum atomic E-state index is 12.8. The SMILES string of the molecule is CSc1ccc(COCC(C)(C#N)NC(=O)c2ccc(S(F)(F)(F)(F)F)cc2)cc1. The molecule has 0 spiro atoms. The third-order valence-electron chi connectivity index (χ3n) is 4.02. The molecule has 11 heteroatoms. The summed E-state index contributed by atoms with van der Waals surface area (Å²) in [5.41, 5.74) is -0.921. The number of nitrogens with zero attached hydrogens (tertiary/aromatic N) is 1. The highest BCUT2D eigenvalue weighted by molar-refractivity contribution is 8.45. The molecule has 2 rings (SSSR count). The molecule has 0 aliphatic carbocycles. The first-order valence-electron chi connectivity index (χ1n) is 8.44. The number of nitrogens with one attached hydrogen (secondary N) is 1. The van der Waals surface area contributed by atoms with Crippen LogP contribution in [-0.2, 0) is 11.3 Å². The van der Waals surface area contributed by atoms with Gasteiger partial charge in [0.2, 0.25) is 0 Å². The largest absolute Gasteiger partial charge is 0.373 e. The highest BCUT2D eigenvalue weighted by Gasteiger charge is 2.65. The number of hydrogen-bond donors (Lipinski definition) is 1. The molecule has 0 radical (unpaired) electrons. The number of nitriles is 1. The zero-order valence-corrected chi connectivity index (χ0v) is 17.6. The van der Waals surface area contributed by atoms with Crippen LogP contribution in [0.15, 0.2) is 58.3 Å². The van der Waals surface area contributed by atoms with Crippen LogP contribution in [-0.4, -0.2) is 24.3 Å². The van der Waals surface area contributed by atoms with E-state index in [9.17, 15) is 29.5 Å². The maximum absolute atomic E-state index is 12.8. The molecule has 0 bridgehead atoms. The van der Waals surface area contributed by atoms with E-state index in [-0.39, 0.29) is 30.9 Å². The van der Waals surface area contributed by atoms with Crippen molar-refractivity contribution in [3.8, 4) is 6.07 Å². The van der Waals surface area contributed by atoms with Gasteiger partial charge in [-0.1, -0.05) is 31.6 Å². The maximum Gasteiger partial charge on any atom is 0.310 e. The third-order valence-corrected chi connectivity index (χ3v) is 5.92. The number of halogens is 5. The first kappa shape index (κ1) is 24.0. The van der Waals surface area contributed by atoms with Gasteiger partial charge >= 0.3 is 10.2 Å². The molecule has 4 nitrogen and oxygen atoms in total. The van der Waals surface area contributed by atoms with Gasteiger partial charge in [-0.25, -0.2) is 0 Å². The molecular formula is C19H19F5N2O2S2. The highest BCUT2D eigenvalue weighted by Crippen LogP contribution is 3.02. The predicted octanol–water partition coefficient (Wildman–Crippen LogP) is 6.29. The van der Waals surface area contributed by atoms with Crippen LogP contribution < -0.4 is 5.32 Å². The van der Waals surface area contributed by atoms with Gasteiger partial charge in [0.05, 0.1) is 19.3 Å². The lowest BCUT2D eigenvalue weighted by Crippen LogP contribution is -2.48. The van der Waals surface area contributed by atoms with Gasteiger partial charge in [-0.2, -0.15) is 5.26 Å². The van der Waals surface area contributed by atoms with Crippen molar-refractivity contribution in [2.24, 2.45) is 0 Å². The number of benzene rings is 2. The number of thioether (sulfide) groups is 1. The van der Waals surface area contributed by atoms with E-state index in [2.05, 4.69) is 5.32 Å². The molecule has 1 unspecified atom stereocenters. The van der Waals surface area contributed by atoms with Crippen molar-refractivity contribution in [2.75, 3.05) is 12.9 Å². The molecule has 0 saturated carbocycles. The van der Waals surface area contributed by atoms with Crippen LogP contribution in [0.25, 0.3) is 0 Å². The predicted molar refractivity (Wildman–Crippen MR) is 107 cm³/mol. The van der Waals surface area contributed by atoms with E-state index in [0.29, 0.717) is 12.1 Å². The number of carbonyl (C=O) groups excluding carboxylic acids is 1. The molecule has 30 heavy (non-hydrogen) atoms. The van der Waals surface area contributed by atoms with Crippen molar-refractivity contribution in [1.82, 2.24) is 5.32 Å². The van der Waals surface area contributed by atoms with Gasteiger partial charge in [0.15, 0.2) is 0 Å². The Balaban J connectivity index is 2.01. The van der Waals surface area contributed by atoms with Crippen molar-refractivity contribution in [2.45, 2.75) is 28.9 Å². The second-order valence-electron chi connectivity index (χ2n) is 6.73. The second-order valence-corrected chi connectivity index (χ2v) is 10.0. The Bertz CT molecular complexity index is 959. The summed E-state index contributed by atoms with van der Waals surface area (Å²) in [5, 5.41) is 11.7. The smallest absolute Gasteiger partial charge is 0.310 e. The lowest BCUT2D eigenvalue weighted by atomic mass is 10.1. The van der Waals surface area contributed by atoms with Gasteiger partial charge in [0.25, 0.3) is 5.91 Å². The topological polar surface area (TPSA) is 62.1 Å². The standard InChI is InChI=1S/C19H19F5N2O2S2/c1-19(12-25,13-28-11-14-3-7-16(29-2)8-4-14)26-18(27)15-5-9-17(10-6-15)30(20,21,22,23)24/h3-10H,11,13H2,1-2H3,(H,26,27). The molecule has 0 heterocycles. The Morgan fingerprint density at radius 2 is 1.67 bits per heavy atom. The summed E-state index contributed by atoms with van der Waals surface area (Å²) >= 11 is 1.58. The van der Waals surface area contributed by atoms with Crippen LogP contribution in [0.5, 0.6) is 0 Å². The Labute approximate surface area is 175 Å². The number of carbonyl (C=O) groups is 1. The van der Waals surface area contributed by atoms with Crippen molar-refractivity contribution < 1.29 is 29.0 Å². The first-order valence-corrected chi connectivity index (χ1v) is 11.6. The van der Waals surface area contributed by atoms with Gasteiger partial charge in [0.1, 0.15) is 10.4 Å². The van der Waals surface area contributed by atoms with Gasteiger partial charge in [-0.3, -0.25) is 4.79 Å². The van der Waals surface area contributed by atoms with Crippen LogP contribution in [0.4, 0.5) is 19.4 Å². The number of ether oxygens (including phenoxy) is 1. The fraction of sp³-hybridized carbons (Fsp3) is 0.263. The zero-order valence-electron chi connectivity index (χ0n) is 16.0. The van der Waals surface area contributed by atoms with Crippen molar-refractivity contribution in [3.05, 3.63) is 59.7 Å². The molecule has 1 amide bonds. The van der Waals surface area contributed by atoms with Gasteiger partial charge in [-0.15, -0.1) is 11.8 Å². The minimum Gasteiger partial charge on any atom is -0.373 e. The van der Waals surface area contributed by atoms with Crippen LogP contribution >= 0.6 is 22.0 Å². The molecular weight excluding hydrogens is 447 g/mol. The molecule has 0 aliphatic heterocycles. The normalized spacial score (nSPS) is 15.9. The lowest BCUT2D eigenvalue weighted by Gasteiger charge is -2.40. The average Bonchev–Trinajstić information content (AvgIpc) is 2.67. The molecule has 0 aromatic heterocycles. The van der Waals surface area contributed by atoms with E-state index in [0.717, 1.165) is 10.5 Å². The van der Waals surface area contributed by atoms with Crippen LogP contribution in [0, 0.1) is 11.3 Å². The molecule has 0 aliphatic rings. The third kappa shape index (κ3) is 6.62. The van der Waals surface area contributed by atoms with Crippen molar-refractivity contribution in [3.63, 3.8) is 0 Å². The van der Waals surface area contributed by atoms with E-state index >= 15 is 0 Å². The van der Waals surface area contributed by atoms with Crippen molar-refractivity contribution in [1.29, 1.82) is 5.26 Å². The summed E-state index contributed by atoms with van der Waals surface area (Å²) in [7, 11) is -9.82. The summed E-state index contributed by atoms with van der Waals surface area (Å²) in [6, 6.07) is 11.0. The summed E-state index contributed by atoms with van der Waals surface area (Å²) in [6.07, 6.45) is 1.94. The van der Waals surface area contributed by atoms with E-state index in [1.54, 1.807) is 11.8 Å². The van der Waals surface area contributed by atoms with Crippen LogP contribution in [0.1, 0.15) is 22.8 Å². The number of hydrogen-bond acceptors (Lipinski definition) is 4. The van der Waals surface area contributed by atoms with E-state index in [1.165, 1.54) is 6.92 Å². The van der Waals surface area contributed by atoms with E-state index < -0.39 is 26.6 Å². The van der Waals surface area contributed by atoms with E-state index in [1.807, 2.05) is 36.6 Å². The van der Waals surface area contributed by atoms with Gasteiger partial charge in [-0.05, 0) is 55.1 Å². The molecule has 1 N–H and O–H groups in total. The fourth-order valence-corrected chi connectivity index (χ4v) is 3.44. The van der Waals surface area contributed by atoms with Crippen LogP contribution in [0.2, 0.25) is 0 Å². The Hall–Kier alpha value is -2.29. The zero-order chi connectivity index (χ0) is 22.7. The summed E-state index contributed by atoms with van der Waals surface area (Å²) < 4.78 is 69.3. The molecule has 1 atom stereocenters. The minimum atomic E-state index is -9.82. The second kappa shape index (κ2) is 7.76. The Morgan fingerprint density at radius 3 is 2.13 bits per heavy atom. The molecule has 164 valence electrons. The van der Waals surface area contributed by atoms with Crippen molar-refractivity contribution >= 4 is 27.9 Å². The minimum absolute atomic E-state index is 0.148. The first-order chi connectivity index (χ1) is 13.7. The highest BCUT2D eigenvalue weighted by atomic mass is 32.5. The molecule has 2 aromatic rings. The molecule has 0 fully saturated rings. The average molecular weight is 466 g/mol. The summed E-state index contributed by atoms with van der Waals surface area (Å²) in [6.45, 7) is 1.37. The summed E-state index contributed by atoms with van der Waals surface area (Å²) in [5.74, 6) is -0.888. The van der Waals surface area contributed by atoms with Gasteiger partial charge < -0.3 is 10.1 Å². The van der Waals surface area contributed by atoms with Crippen LogP contribution in [0.3, 0.4) is 0 Å². The molecule has 2 aromatic carbocycles. The monoisotopic (exact) mass is 466 g/mol. The van der Waals surface area contributed by atoms with Gasteiger partial charge in [0, 0.05) is 10.5 Å². The quantitative estimate of drug-likeness (QED) is 0.367. The number of amides is 1. The summed E-state index contributed by atoms with van der Waals surface area (Å²) in [4.78, 5) is 11.2.